The molecule has 0 amide bonds. The fourth-order valence-corrected chi connectivity index (χ4v) is 2.07. The van der Waals surface area contributed by atoms with E-state index in [0.717, 1.165) is 4.57 Å². The van der Waals surface area contributed by atoms with Crippen molar-refractivity contribution in [3.05, 3.63) is 46.2 Å². The monoisotopic (exact) mass is 329 g/mol. The lowest BCUT2D eigenvalue weighted by molar-refractivity contribution is -0.385. The molecule has 0 unspecified atom stereocenters. The molecular weight excluding hydrogens is 315 g/mol. The largest absolute Gasteiger partial charge is 0.406 e. The van der Waals surface area contributed by atoms with Crippen LogP contribution >= 0.6 is 0 Å². The molecule has 0 saturated heterocycles. The van der Waals surface area contributed by atoms with Gasteiger partial charge in [0.1, 0.15) is 23.9 Å². The molecule has 0 aliphatic carbocycles. The van der Waals surface area contributed by atoms with Gasteiger partial charge in [-0.2, -0.15) is 13.2 Å². The first-order valence-electron chi connectivity index (χ1n) is 6.57. The number of hydrogen-bond acceptors (Lipinski definition) is 5. The second kappa shape index (κ2) is 6.23. The van der Waals surface area contributed by atoms with Gasteiger partial charge in [-0.3, -0.25) is 10.1 Å². The summed E-state index contributed by atoms with van der Waals surface area (Å²) in [5.41, 5.74) is 0.124. The van der Waals surface area contributed by atoms with Crippen LogP contribution in [0.2, 0.25) is 0 Å². The van der Waals surface area contributed by atoms with Gasteiger partial charge < -0.3 is 9.47 Å². The molecule has 7 nitrogen and oxygen atoms in total. The number of pyridine rings is 1. The molecule has 0 saturated carbocycles. The van der Waals surface area contributed by atoms with Crippen molar-refractivity contribution in [2.75, 3.05) is 11.9 Å². The van der Waals surface area contributed by atoms with Crippen LogP contribution in [0.3, 0.4) is 0 Å². The maximum absolute atomic E-state index is 12.5. The molecule has 0 aliphatic heterocycles. The van der Waals surface area contributed by atoms with E-state index in [9.17, 15) is 23.3 Å². The highest BCUT2D eigenvalue weighted by Crippen LogP contribution is 2.22. The Morgan fingerprint density at radius 3 is 2.65 bits per heavy atom. The highest BCUT2D eigenvalue weighted by atomic mass is 19.4. The van der Waals surface area contributed by atoms with E-state index in [4.69, 9.17) is 0 Å². The van der Waals surface area contributed by atoms with Gasteiger partial charge in [-0.15, -0.1) is 0 Å². The number of alkyl halides is 3. The molecule has 0 N–H and O–H groups in total. The first-order valence-corrected chi connectivity index (χ1v) is 6.57. The lowest BCUT2D eigenvalue weighted by Gasteiger charge is -2.19. The summed E-state index contributed by atoms with van der Waals surface area (Å²) < 4.78 is 38.5. The van der Waals surface area contributed by atoms with Crippen molar-refractivity contribution in [1.29, 1.82) is 0 Å². The predicted octanol–water partition coefficient (Wildman–Crippen LogP) is 2.69. The van der Waals surface area contributed by atoms with Gasteiger partial charge in [0, 0.05) is 25.5 Å². The average Bonchev–Trinajstić information content (AvgIpc) is 2.83. The van der Waals surface area contributed by atoms with E-state index in [1.807, 2.05) is 0 Å². The van der Waals surface area contributed by atoms with Gasteiger partial charge in [-0.25, -0.2) is 9.97 Å². The van der Waals surface area contributed by atoms with Crippen LogP contribution in [0.5, 0.6) is 0 Å². The molecule has 10 heteroatoms. The second-order valence-corrected chi connectivity index (χ2v) is 4.97. The van der Waals surface area contributed by atoms with Crippen molar-refractivity contribution in [2.45, 2.75) is 26.2 Å². The summed E-state index contributed by atoms with van der Waals surface area (Å²) in [6.07, 6.45) is -1.79. The highest BCUT2D eigenvalue weighted by Gasteiger charge is 2.29. The topological polar surface area (TPSA) is 77.1 Å². The lowest BCUT2D eigenvalue weighted by Crippen LogP contribution is -2.24. The summed E-state index contributed by atoms with van der Waals surface area (Å²) in [4.78, 5) is 19.8. The van der Waals surface area contributed by atoms with Gasteiger partial charge in [-0.1, -0.05) is 0 Å². The minimum Gasteiger partial charge on any atom is -0.352 e. The molecule has 2 aromatic heterocycles. The van der Waals surface area contributed by atoms with Gasteiger partial charge in [0.25, 0.3) is 5.69 Å². The minimum atomic E-state index is -4.34. The van der Waals surface area contributed by atoms with Crippen LogP contribution in [0.4, 0.5) is 24.7 Å². The number of halogens is 3. The van der Waals surface area contributed by atoms with E-state index in [2.05, 4.69) is 9.97 Å². The molecule has 23 heavy (non-hydrogen) atoms. The van der Waals surface area contributed by atoms with E-state index in [1.165, 1.54) is 31.5 Å². The number of aromatic nitrogens is 3. The molecule has 2 heterocycles. The van der Waals surface area contributed by atoms with Crippen LogP contribution in [0, 0.1) is 17.0 Å². The fourth-order valence-electron chi connectivity index (χ4n) is 2.07. The Hall–Kier alpha value is -2.65. The first kappa shape index (κ1) is 16.7. The molecule has 0 aliphatic rings. The normalized spacial score (nSPS) is 11.5. The van der Waals surface area contributed by atoms with Gasteiger partial charge in [0.05, 0.1) is 11.5 Å². The number of hydrogen-bond donors (Lipinski definition) is 0. The Bertz CT molecular complexity index is 714. The number of rotatable bonds is 5. The zero-order chi connectivity index (χ0) is 17.2. The number of imidazole rings is 1. The summed E-state index contributed by atoms with van der Waals surface area (Å²) in [6.45, 7) is 0.469. The average molecular weight is 329 g/mol. The van der Waals surface area contributed by atoms with Crippen LogP contribution in [-0.4, -0.2) is 32.7 Å². The van der Waals surface area contributed by atoms with Crippen molar-refractivity contribution in [3.63, 3.8) is 0 Å². The minimum absolute atomic E-state index is 0.0906. The van der Waals surface area contributed by atoms with E-state index >= 15 is 0 Å². The number of nitro groups is 1. The third-order valence-electron chi connectivity index (χ3n) is 3.16. The predicted molar refractivity (Wildman–Crippen MR) is 76.0 cm³/mol. The molecular formula is C13H14F3N5O2. The van der Waals surface area contributed by atoms with E-state index in [1.54, 1.807) is 11.9 Å². The van der Waals surface area contributed by atoms with E-state index < -0.39 is 17.6 Å². The quantitative estimate of drug-likeness (QED) is 0.622. The standard InChI is InChI=1S/C13H14F3N5O2/c1-9-10(21(22)23)3-4-11(18-9)19(2)7-12-17-5-6-20(12)8-13(14,15)16/h3-6H,7-8H2,1-2H3. The van der Waals surface area contributed by atoms with Crippen molar-refractivity contribution in [3.8, 4) is 0 Å². The Morgan fingerprint density at radius 2 is 2.09 bits per heavy atom. The number of anilines is 1. The van der Waals surface area contributed by atoms with E-state index in [0.29, 0.717) is 5.82 Å². The Morgan fingerprint density at radius 1 is 1.39 bits per heavy atom. The molecule has 0 aromatic carbocycles. The molecule has 2 rings (SSSR count). The summed E-state index contributed by atoms with van der Waals surface area (Å²) in [7, 11) is 1.63. The van der Waals surface area contributed by atoms with E-state index in [-0.39, 0.29) is 23.8 Å². The fraction of sp³-hybridized carbons (Fsp3) is 0.385. The van der Waals surface area contributed by atoms with Crippen LogP contribution < -0.4 is 4.90 Å². The smallest absolute Gasteiger partial charge is 0.352 e. The SMILES string of the molecule is Cc1nc(N(C)Cc2nccn2CC(F)(F)F)ccc1[N+](=O)[O-]. The number of aryl methyl sites for hydroxylation is 1. The van der Waals surface area contributed by atoms with Gasteiger partial charge in [-0.05, 0) is 13.0 Å². The van der Waals surface area contributed by atoms with Crippen LogP contribution in [0.1, 0.15) is 11.5 Å². The van der Waals surface area contributed by atoms with Gasteiger partial charge in [0.2, 0.25) is 0 Å². The molecule has 124 valence electrons. The van der Waals surface area contributed by atoms with Crippen molar-refractivity contribution < 1.29 is 18.1 Å². The highest BCUT2D eigenvalue weighted by molar-refractivity contribution is 5.46. The summed E-state index contributed by atoms with van der Waals surface area (Å²) >= 11 is 0. The third-order valence-corrected chi connectivity index (χ3v) is 3.16. The summed E-state index contributed by atoms with van der Waals surface area (Å²) in [6, 6.07) is 2.76. The Labute approximate surface area is 129 Å². The van der Waals surface area contributed by atoms with Gasteiger partial charge in [0.15, 0.2) is 0 Å². The third kappa shape index (κ3) is 4.18. The van der Waals surface area contributed by atoms with Crippen LogP contribution in [0.15, 0.2) is 24.5 Å². The molecule has 0 spiro atoms. The Kier molecular flexibility index (Phi) is 4.52. The zero-order valence-corrected chi connectivity index (χ0v) is 12.4. The first-order chi connectivity index (χ1) is 10.7. The van der Waals surface area contributed by atoms with Crippen molar-refractivity contribution >= 4 is 11.5 Å². The molecule has 0 bridgehead atoms. The van der Waals surface area contributed by atoms with Gasteiger partial charge >= 0.3 is 6.18 Å². The molecule has 0 fully saturated rings. The lowest BCUT2D eigenvalue weighted by atomic mass is 10.3. The molecule has 0 atom stereocenters. The maximum atomic E-state index is 12.5. The van der Waals surface area contributed by atoms with Crippen LogP contribution in [-0.2, 0) is 13.1 Å². The molecule has 2 aromatic rings. The summed E-state index contributed by atoms with van der Waals surface area (Å²) in [5.74, 6) is 0.636. The number of nitrogens with zero attached hydrogens (tertiary/aromatic N) is 5. The second-order valence-electron chi connectivity index (χ2n) is 4.97. The zero-order valence-electron chi connectivity index (χ0n) is 12.4. The Balaban J connectivity index is 2.17. The summed E-state index contributed by atoms with van der Waals surface area (Å²) in [5, 5.41) is 10.8. The van der Waals surface area contributed by atoms with Crippen LogP contribution in [0.25, 0.3) is 0 Å². The maximum Gasteiger partial charge on any atom is 0.406 e. The van der Waals surface area contributed by atoms with Crippen molar-refractivity contribution in [2.24, 2.45) is 0 Å². The molecule has 0 radical (unpaired) electrons. The van der Waals surface area contributed by atoms with Crippen molar-refractivity contribution in [1.82, 2.24) is 14.5 Å².